The molecule has 1 saturated carbocycles. The first-order valence-electron chi connectivity index (χ1n) is 7.44. The lowest BCUT2D eigenvalue weighted by Gasteiger charge is -2.45. The number of hydrogen-bond donors (Lipinski definition) is 2. The zero-order valence-corrected chi connectivity index (χ0v) is 13.5. The first-order valence-corrected chi connectivity index (χ1v) is 8.32. The third-order valence-electron chi connectivity index (χ3n) is 4.93. The SMILES string of the molecule is C[NH+]1CC=C2C(C#N)C(=N)C(C#N)(C#N)[C@@H](c3cccs3)[C@@H]2C1. The second-order valence-electron chi connectivity index (χ2n) is 6.18. The Kier molecular flexibility index (Phi) is 3.78. The molecule has 2 N–H and O–H groups in total. The number of thiophene rings is 1. The topological polar surface area (TPSA) is 99.7 Å². The summed E-state index contributed by atoms with van der Waals surface area (Å²) >= 11 is 1.51. The van der Waals surface area contributed by atoms with Gasteiger partial charge in [-0.25, -0.2) is 0 Å². The van der Waals surface area contributed by atoms with Crippen LogP contribution in [0.5, 0.6) is 0 Å². The smallest absolute Gasteiger partial charge is 0.190 e. The van der Waals surface area contributed by atoms with Gasteiger partial charge in [-0.2, -0.15) is 15.8 Å². The van der Waals surface area contributed by atoms with Crippen molar-refractivity contribution in [1.29, 1.82) is 21.2 Å². The van der Waals surface area contributed by atoms with E-state index >= 15 is 0 Å². The molecule has 2 heterocycles. The molecule has 1 aliphatic carbocycles. The number of likely N-dealkylation sites (N-methyl/N-ethyl adjacent to an activating group) is 1. The highest BCUT2D eigenvalue weighted by molar-refractivity contribution is 7.10. The zero-order valence-electron chi connectivity index (χ0n) is 12.7. The van der Waals surface area contributed by atoms with Crippen molar-refractivity contribution in [3.63, 3.8) is 0 Å². The Morgan fingerprint density at radius 1 is 1.35 bits per heavy atom. The van der Waals surface area contributed by atoms with Gasteiger partial charge in [-0.3, -0.25) is 0 Å². The number of hydrogen-bond acceptors (Lipinski definition) is 5. The molecule has 0 saturated heterocycles. The minimum atomic E-state index is -1.56. The molecule has 0 radical (unpaired) electrons. The fourth-order valence-electron chi connectivity index (χ4n) is 3.83. The number of fused-ring (bicyclic) bond motifs is 1. The van der Waals surface area contributed by atoms with E-state index in [1.807, 2.05) is 23.6 Å². The molecule has 0 spiro atoms. The van der Waals surface area contributed by atoms with Gasteiger partial charge in [0, 0.05) is 16.7 Å². The molecule has 0 amide bonds. The molecule has 4 atom stereocenters. The van der Waals surface area contributed by atoms with Gasteiger partial charge in [-0.1, -0.05) is 6.07 Å². The molecule has 3 rings (SSSR count). The van der Waals surface area contributed by atoms with E-state index in [0.717, 1.165) is 23.5 Å². The average molecular weight is 322 g/mol. The molecule has 2 unspecified atom stereocenters. The van der Waals surface area contributed by atoms with Crippen molar-refractivity contribution in [3.8, 4) is 18.2 Å². The highest BCUT2D eigenvalue weighted by Crippen LogP contribution is 2.53. The van der Waals surface area contributed by atoms with Crippen LogP contribution >= 0.6 is 11.3 Å². The molecule has 23 heavy (non-hydrogen) atoms. The van der Waals surface area contributed by atoms with E-state index in [-0.39, 0.29) is 17.5 Å². The lowest BCUT2D eigenvalue weighted by Crippen LogP contribution is -3.10. The molecule has 6 heteroatoms. The molecule has 1 aromatic rings. The average Bonchev–Trinajstić information content (AvgIpc) is 3.08. The Balaban J connectivity index is 2.25. The van der Waals surface area contributed by atoms with Gasteiger partial charge in [0.05, 0.1) is 44.1 Å². The lowest BCUT2D eigenvalue weighted by atomic mass is 9.55. The summed E-state index contributed by atoms with van der Waals surface area (Å²) in [5.41, 5.74) is -0.710. The fourth-order valence-corrected chi connectivity index (χ4v) is 4.79. The van der Waals surface area contributed by atoms with Crippen molar-refractivity contribution in [2.24, 2.45) is 17.3 Å². The molecular formula is C17H16N5S+. The fraction of sp³-hybridized carbons (Fsp3) is 0.412. The van der Waals surface area contributed by atoms with Crippen molar-refractivity contribution in [1.82, 2.24) is 0 Å². The highest BCUT2D eigenvalue weighted by Gasteiger charge is 2.58. The Morgan fingerprint density at radius 2 is 2.09 bits per heavy atom. The quantitative estimate of drug-likeness (QED) is 0.757. The van der Waals surface area contributed by atoms with Gasteiger partial charge in [-0.15, -0.1) is 11.3 Å². The van der Waals surface area contributed by atoms with E-state index in [4.69, 9.17) is 5.41 Å². The Labute approximate surface area is 139 Å². The third kappa shape index (κ3) is 2.10. The molecule has 2 aliphatic rings. The highest BCUT2D eigenvalue weighted by atomic mass is 32.1. The summed E-state index contributed by atoms with van der Waals surface area (Å²) in [7, 11) is 2.07. The van der Waals surface area contributed by atoms with Crippen molar-refractivity contribution < 1.29 is 4.90 Å². The van der Waals surface area contributed by atoms with E-state index in [1.54, 1.807) is 0 Å². The van der Waals surface area contributed by atoms with E-state index in [2.05, 4.69) is 25.3 Å². The number of nitrogens with one attached hydrogen (secondary N) is 2. The van der Waals surface area contributed by atoms with Gasteiger partial charge < -0.3 is 10.3 Å². The van der Waals surface area contributed by atoms with Gasteiger partial charge in [0.2, 0.25) is 0 Å². The van der Waals surface area contributed by atoms with E-state index in [0.29, 0.717) is 0 Å². The number of nitriles is 3. The maximum atomic E-state index is 9.81. The molecule has 0 bridgehead atoms. The standard InChI is InChI=1S/C17H15N5S/c1-22-5-4-11-12(7-18)16(21)17(9-19,10-20)15(13(11)8-22)14-3-2-6-23-14/h2-4,6,12-13,15,21H,5,8H2,1H3/p+1/t12?,13-,15-/m1/s1. The van der Waals surface area contributed by atoms with Gasteiger partial charge in [0.25, 0.3) is 0 Å². The van der Waals surface area contributed by atoms with Gasteiger partial charge in [-0.05, 0) is 23.1 Å². The molecule has 1 aromatic heterocycles. The number of quaternary nitrogens is 1. The van der Waals surface area contributed by atoms with Crippen molar-refractivity contribution in [3.05, 3.63) is 34.0 Å². The van der Waals surface area contributed by atoms with Crippen LogP contribution in [-0.4, -0.2) is 25.8 Å². The van der Waals surface area contributed by atoms with Crippen LogP contribution in [0, 0.1) is 56.7 Å². The second-order valence-corrected chi connectivity index (χ2v) is 7.16. The normalized spacial score (nSPS) is 31.9. The van der Waals surface area contributed by atoms with Gasteiger partial charge >= 0.3 is 0 Å². The lowest BCUT2D eigenvalue weighted by molar-refractivity contribution is -0.878. The van der Waals surface area contributed by atoms with Crippen molar-refractivity contribution >= 4 is 17.0 Å². The molecule has 1 aliphatic heterocycles. The predicted molar refractivity (Wildman–Crippen MR) is 85.7 cm³/mol. The van der Waals surface area contributed by atoms with Gasteiger partial charge in [0.1, 0.15) is 5.92 Å². The van der Waals surface area contributed by atoms with Crippen LogP contribution in [0.4, 0.5) is 0 Å². The molecule has 5 nitrogen and oxygen atoms in total. The molecule has 0 aromatic carbocycles. The maximum Gasteiger partial charge on any atom is 0.190 e. The summed E-state index contributed by atoms with van der Waals surface area (Å²) in [5.74, 6) is -1.19. The summed E-state index contributed by atoms with van der Waals surface area (Å²) in [5, 5.41) is 39.5. The Bertz CT molecular complexity index is 772. The van der Waals surface area contributed by atoms with Crippen LogP contribution in [0.25, 0.3) is 0 Å². The summed E-state index contributed by atoms with van der Waals surface area (Å²) < 4.78 is 0. The monoisotopic (exact) mass is 322 g/mol. The first-order chi connectivity index (χ1) is 11.1. The predicted octanol–water partition coefficient (Wildman–Crippen LogP) is 1.11. The Morgan fingerprint density at radius 3 is 2.65 bits per heavy atom. The molecule has 114 valence electrons. The summed E-state index contributed by atoms with van der Waals surface area (Å²) in [6.45, 7) is 1.57. The molecule has 1 fully saturated rings. The van der Waals surface area contributed by atoms with Crippen molar-refractivity contribution in [2.45, 2.75) is 5.92 Å². The van der Waals surface area contributed by atoms with Crippen LogP contribution in [0.2, 0.25) is 0 Å². The van der Waals surface area contributed by atoms with E-state index in [1.165, 1.54) is 16.2 Å². The van der Waals surface area contributed by atoms with E-state index in [9.17, 15) is 15.8 Å². The minimum Gasteiger partial charge on any atom is -0.334 e. The Hall–Kier alpha value is -2.46. The van der Waals surface area contributed by atoms with Gasteiger partial charge in [0.15, 0.2) is 5.41 Å². The minimum absolute atomic E-state index is 0.0551. The largest absolute Gasteiger partial charge is 0.334 e. The van der Waals surface area contributed by atoms with Crippen LogP contribution in [-0.2, 0) is 0 Å². The first kappa shape index (κ1) is 15.4. The maximum absolute atomic E-state index is 9.81. The third-order valence-corrected chi connectivity index (χ3v) is 5.89. The summed E-state index contributed by atoms with van der Waals surface area (Å²) in [6, 6.07) is 10.2. The zero-order chi connectivity index (χ0) is 16.6. The molecular weight excluding hydrogens is 306 g/mol. The summed E-state index contributed by atoms with van der Waals surface area (Å²) in [6.07, 6.45) is 2.03. The van der Waals surface area contributed by atoms with E-state index < -0.39 is 11.3 Å². The van der Waals surface area contributed by atoms with Crippen molar-refractivity contribution in [2.75, 3.05) is 20.1 Å². The number of nitrogens with zero attached hydrogens (tertiary/aromatic N) is 3. The van der Waals surface area contributed by atoms with Crippen LogP contribution in [0.1, 0.15) is 10.8 Å². The number of rotatable bonds is 1. The second kappa shape index (κ2) is 5.63. The van der Waals surface area contributed by atoms with Crippen LogP contribution < -0.4 is 4.90 Å². The van der Waals surface area contributed by atoms with Crippen LogP contribution in [0.15, 0.2) is 29.2 Å². The summed E-state index contributed by atoms with van der Waals surface area (Å²) in [4.78, 5) is 2.23. The van der Waals surface area contributed by atoms with Crippen LogP contribution in [0.3, 0.4) is 0 Å².